The van der Waals surface area contributed by atoms with E-state index in [1.807, 2.05) is 0 Å². The van der Waals surface area contributed by atoms with Gasteiger partial charge in [0.1, 0.15) is 0 Å². The fraction of sp³-hybridized carbons (Fsp3) is 1.00. The van der Waals surface area contributed by atoms with E-state index in [2.05, 4.69) is 19.6 Å². The summed E-state index contributed by atoms with van der Waals surface area (Å²) in [5, 5.41) is 0. The lowest BCUT2D eigenvalue weighted by Gasteiger charge is -2.04. The fourth-order valence-electron chi connectivity index (χ4n) is 4.39. The summed E-state index contributed by atoms with van der Waals surface area (Å²) in [5.74, 6) is 0. The molecule has 0 aliphatic rings. The van der Waals surface area contributed by atoms with E-state index in [9.17, 15) is 0 Å². The first-order valence-electron chi connectivity index (χ1n) is 14.5. The van der Waals surface area contributed by atoms with E-state index in [1.165, 1.54) is 174 Å². The van der Waals surface area contributed by atoms with Gasteiger partial charge in [-0.25, -0.2) is 0 Å². The van der Waals surface area contributed by atoms with Gasteiger partial charge in [0.05, 0.1) is 0 Å². The summed E-state index contributed by atoms with van der Waals surface area (Å²) in [6.45, 7) is 4.61. The molecule has 0 unspecified atom stereocenters. The summed E-state index contributed by atoms with van der Waals surface area (Å²) in [6.07, 6.45) is 38.4. The number of nitrogens with two attached hydrogens (primary N) is 1. The zero-order valence-corrected chi connectivity index (χ0v) is 22.0. The molecule has 1 nitrogen and oxygen atoms in total. The van der Waals surface area contributed by atoms with Crippen LogP contribution in [-0.4, -0.2) is 7.05 Å². The Hall–Kier alpha value is -0.0400. The van der Waals surface area contributed by atoms with Crippen LogP contribution in [0.15, 0.2) is 0 Å². The Kier molecular flexibility index (Phi) is 36.0. The van der Waals surface area contributed by atoms with Crippen molar-refractivity contribution in [3.05, 3.63) is 0 Å². The smallest absolute Gasteiger partial charge is 0.0195 e. The normalized spacial score (nSPS) is 10.8. The van der Waals surface area contributed by atoms with E-state index in [-0.39, 0.29) is 0 Å². The standard InChI is InChI=1S/C28H58.CH5N/c1-3-5-7-9-11-13-15-17-19-21-23-25-27-28-26-24-22-20-18-16-14-12-10-8-6-4-2;1-2/h3-28H2,1-2H3;2H2,1H3. The molecular formula is C29H63N. The van der Waals surface area contributed by atoms with Crippen molar-refractivity contribution < 1.29 is 0 Å². The minimum atomic E-state index is 1.37. The van der Waals surface area contributed by atoms with Crippen LogP contribution in [0.4, 0.5) is 0 Å². The van der Waals surface area contributed by atoms with Gasteiger partial charge in [-0.2, -0.15) is 0 Å². The highest BCUT2D eigenvalue weighted by molar-refractivity contribution is 4.51. The minimum absolute atomic E-state index is 1.37. The maximum atomic E-state index is 4.50. The summed E-state index contributed by atoms with van der Waals surface area (Å²) >= 11 is 0. The predicted octanol–water partition coefficient (Wildman–Crippen LogP) is 10.7. The summed E-state index contributed by atoms with van der Waals surface area (Å²) in [7, 11) is 1.50. The maximum absolute atomic E-state index is 4.50. The number of hydrogen-bond acceptors (Lipinski definition) is 1. The molecule has 30 heavy (non-hydrogen) atoms. The lowest BCUT2D eigenvalue weighted by atomic mass is 10.0. The molecule has 0 aromatic heterocycles. The van der Waals surface area contributed by atoms with Crippen LogP contribution in [0, 0.1) is 0 Å². The molecule has 0 saturated heterocycles. The molecule has 2 N–H and O–H groups in total. The molecule has 0 atom stereocenters. The summed E-state index contributed by atoms with van der Waals surface area (Å²) in [6, 6.07) is 0. The van der Waals surface area contributed by atoms with Crippen LogP contribution in [0.2, 0.25) is 0 Å². The lowest BCUT2D eigenvalue weighted by molar-refractivity contribution is 0.516. The van der Waals surface area contributed by atoms with E-state index in [0.29, 0.717) is 0 Å². The van der Waals surface area contributed by atoms with Crippen molar-refractivity contribution in [1.29, 1.82) is 0 Å². The molecule has 0 spiro atoms. The van der Waals surface area contributed by atoms with Gasteiger partial charge in [0, 0.05) is 0 Å². The third kappa shape index (κ3) is 32.6. The topological polar surface area (TPSA) is 26.0 Å². The average Bonchev–Trinajstić information content (AvgIpc) is 2.78. The molecule has 0 aliphatic heterocycles. The van der Waals surface area contributed by atoms with Gasteiger partial charge in [0.2, 0.25) is 0 Å². The first-order valence-corrected chi connectivity index (χ1v) is 14.5. The lowest BCUT2D eigenvalue weighted by Crippen LogP contribution is -1.84. The van der Waals surface area contributed by atoms with Gasteiger partial charge in [0.15, 0.2) is 0 Å². The molecule has 0 heterocycles. The molecule has 0 bridgehead atoms. The Morgan fingerprint density at radius 2 is 0.333 bits per heavy atom. The van der Waals surface area contributed by atoms with E-state index < -0.39 is 0 Å². The highest BCUT2D eigenvalue weighted by atomic mass is 14.4. The van der Waals surface area contributed by atoms with Crippen LogP contribution in [0.5, 0.6) is 0 Å². The number of rotatable bonds is 25. The summed E-state index contributed by atoms with van der Waals surface area (Å²) < 4.78 is 0. The van der Waals surface area contributed by atoms with Gasteiger partial charge >= 0.3 is 0 Å². The van der Waals surface area contributed by atoms with E-state index in [1.54, 1.807) is 0 Å². The van der Waals surface area contributed by atoms with E-state index >= 15 is 0 Å². The average molecular weight is 426 g/mol. The molecule has 0 rings (SSSR count). The third-order valence-electron chi connectivity index (χ3n) is 6.46. The van der Waals surface area contributed by atoms with Crippen LogP contribution >= 0.6 is 0 Å². The molecule has 0 aliphatic carbocycles. The Balaban J connectivity index is 0. The predicted molar refractivity (Wildman–Crippen MR) is 142 cm³/mol. The molecule has 0 amide bonds. The van der Waals surface area contributed by atoms with Crippen LogP contribution in [-0.2, 0) is 0 Å². The highest BCUT2D eigenvalue weighted by Gasteiger charge is 1.96. The Labute approximate surface area is 193 Å². The first kappa shape index (κ1) is 32.1. The van der Waals surface area contributed by atoms with E-state index in [0.717, 1.165) is 0 Å². The second-order valence-corrected chi connectivity index (χ2v) is 9.49. The number of hydrogen-bond donors (Lipinski definition) is 1. The van der Waals surface area contributed by atoms with Crippen molar-refractivity contribution in [3.63, 3.8) is 0 Å². The third-order valence-corrected chi connectivity index (χ3v) is 6.46. The van der Waals surface area contributed by atoms with Gasteiger partial charge in [-0.3, -0.25) is 0 Å². The zero-order valence-electron chi connectivity index (χ0n) is 22.0. The molecule has 1 heteroatoms. The minimum Gasteiger partial charge on any atom is -0.333 e. The molecule has 0 aromatic rings. The second-order valence-electron chi connectivity index (χ2n) is 9.49. The van der Waals surface area contributed by atoms with Crippen LogP contribution < -0.4 is 5.73 Å². The van der Waals surface area contributed by atoms with Crippen LogP contribution in [0.25, 0.3) is 0 Å². The fourth-order valence-corrected chi connectivity index (χ4v) is 4.39. The van der Waals surface area contributed by atoms with Crippen molar-refractivity contribution in [2.24, 2.45) is 5.73 Å². The maximum Gasteiger partial charge on any atom is -0.0195 e. The number of unbranched alkanes of at least 4 members (excludes halogenated alkanes) is 25. The van der Waals surface area contributed by atoms with E-state index in [4.69, 9.17) is 0 Å². The molecule has 0 aromatic carbocycles. The van der Waals surface area contributed by atoms with Crippen LogP contribution in [0.1, 0.15) is 181 Å². The Morgan fingerprint density at radius 3 is 0.433 bits per heavy atom. The quantitative estimate of drug-likeness (QED) is 0.145. The molecule has 0 fully saturated rings. The van der Waals surface area contributed by atoms with Crippen molar-refractivity contribution in [2.75, 3.05) is 7.05 Å². The molecule has 0 radical (unpaired) electrons. The first-order chi connectivity index (χ1) is 14.9. The summed E-state index contributed by atoms with van der Waals surface area (Å²) in [5.41, 5.74) is 4.50. The second kappa shape index (κ2) is 33.6. The molecule has 184 valence electrons. The van der Waals surface area contributed by atoms with Gasteiger partial charge in [-0.15, -0.1) is 0 Å². The van der Waals surface area contributed by atoms with Gasteiger partial charge in [-0.1, -0.05) is 181 Å². The van der Waals surface area contributed by atoms with Crippen molar-refractivity contribution in [1.82, 2.24) is 0 Å². The Bertz CT molecular complexity index is 225. The van der Waals surface area contributed by atoms with Crippen molar-refractivity contribution >= 4 is 0 Å². The van der Waals surface area contributed by atoms with Crippen molar-refractivity contribution in [2.45, 2.75) is 181 Å². The highest BCUT2D eigenvalue weighted by Crippen LogP contribution is 2.15. The van der Waals surface area contributed by atoms with Gasteiger partial charge in [-0.05, 0) is 7.05 Å². The summed E-state index contributed by atoms with van der Waals surface area (Å²) in [4.78, 5) is 0. The Morgan fingerprint density at radius 1 is 0.233 bits per heavy atom. The van der Waals surface area contributed by atoms with Gasteiger partial charge < -0.3 is 5.73 Å². The largest absolute Gasteiger partial charge is 0.333 e. The molecular weight excluding hydrogens is 362 g/mol. The van der Waals surface area contributed by atoms with Gasteiger partial charge in [0.25, 0.3) is 0 Å². The van der Waals surface area contributed by atoms with Crippen LogP contribution in [0.3, 0.4) is 0 Å². The van der Waals surface area contributed by atoms with Crippen molar-refractivity contribution in [3.8, 4) is 0 Å². The molecule has 0 saturated carbocycles. The SMILES string of the molecule is CCCCCCCCCCCCCCCCCCCCCCCCCCCC.CN. The zero-order chi connectivity index (χ0) is 22.4. The monoisotopic (exact) mass is 425 g/mol.